The van der Waals surface area contributed by atoms with E-state index in [1.807, 2.05) is 37.3 Å². The monoisotopic (exact) mass is 657 g/mol. The van der Waals surface area contributed by atoms with E-state index < -0.39 is 10.0 Å². The highest BCUT2D eigenvalue weighted by molar-refractivity contribution is 7.92. The molecule has 3 heterocycles. The first-order valence-electron chi connectivity index (χ1n) is 15.8. The molecule has 47 heavy (non-hydrogen) atoms. The van der Waals surface area contributed by atoms with E-state index in [0.29, 0.717) is 43.8 Å². The summed E-state index contributed by atoms with van der Waals surface area (Å²) in [7, 11) is -4.03. The number of anilines is 5. The number of phenols is 1. The minimum atomic E-state index is -4.03. The molecule has 0 atom stereocenters. The topological polar surface area (TPSA) is 156 Å². The van der Waals surface area contributed by atoms with Crippen LogP contribution in [0.3, 0.4) is 0 Å². The number of carbonyl (C=O) groups is 1. The van der Waals surface area contributed by atoms with Crippen molar-refractivity contribution >= 4 is 45.3 Å². The molecule has 0 saturated carbocycles. The van der Waals surface area contributed by atoms with Crippen molar-refractivity contribution < 1.29 is 18.3 Å². The van der Waals surface area contributed by atoms with Crippen molar-refractivity contribution in [1.82, 2.24) is 25.2 Å². The molecule has 0 unspecified atom stereocenters. The van der Waals surface area contributed by atoms with Crippen molar-refractivity contribution in [2.45, 2.75) is 37.6 Å². The zero-order valence-electron chi connectivity index (χ0n) is 26.3. The van der Waals surface area contributed by atoms with Crippen molar-refractivity contribution in [3.63, 3.8) is 0 Å². The van der Waals surface area contributed by atoms with Gasteiger partial charge in [0.1, 0.15) is 5.75 Å². The molecule has 0 aliphatic carbocycles. The Morgan fingerprint density at radius 2 is 1.66 bits per heavy atom. The molecule has 4 N–H and O–H groups in total. The minimum absolute atomic E-state index is 0.0260. The number of phenolic OH excluding ortho intramolecular Hbond substituents is 1. The highest BCUT2D eigenvalue weighted by atomic mass is 32.2. The summed E-state index contributed by atoms with van der Waals surface area (Å²) in [6, 6.07) is 20.5. The normalized spacial score (nSPS) is 15.0. The molecular formula is C33H39N9O4S. The molecule has 2 fully saturated rings. The second-order valence-corrected chi connectivity index (χ2v) is 13.5. The molecule has 246 valence electrons. The lowest BCUT2D eigenvalue weighted by Gasteiger charge is -2.27. The number of carbonyl (C=O) groups excluding carboxylic acids is 1. The highest BCUT2D eigenvalue weighted by Gasteiger charge is 2.28. The first-order valence-corrected chi connectivity index (χ1v) is 17.2. The van der Waals surface area contributed by atoms with E-state index in [2.05, 4.69) is 35.8 Å². The fourth-order valence-electron chi connectivity index (χ4n) is 5.59. The highest BCUT2D eigenvalue weighted by Crippen LogP contribution is 2.36. The van der Waals surface area contributed by atoms with Crippen LogP contribution in [-0.2, 0) is 16.6 Å². The number of piperidine rings is 1. The fourth-order valence-corrected chi connectivity index (χ4v) is 7.06. The van der Waals surface area contributed by atoms with Gasteiger partial charge in [0.05, 0.1) is 17.1 Å². The number of urea groups is 1. The van der Waals surface area contributed by atoms with E-state index in [1.165, 1.54) is 10.4 Å². The molecule has 3 aromatic carbocycles. The van der Waals surface area contributed by atoms with Crippen LogP contribution in [0.1, 0.15) is 30.4 Å². The van der Waals surface area contributed by atoms with Crippen LogP contribution in [0, 0.1) is 6.92 Å². The Kier molecular flexibility index (Phi) is 9.57. The van der Waals surface area contributed by atoms with Gasteiger partial charge in [0.2, 0.25) is 17.8 Å². The maximum Gasteiger partial charge on any atom is 0.317 e. The number of aromatic nitrogens is 3. The molecule has 13 nitrogen and oxygen atoms in total. The molecule has 2 amide bonds. The summed E-state index contributed by atoms with van der Waals surface area (Å²) in [6.45, 7) is 5.82. The van der Waals surface area contributed by atoms with E-state index >= 15 is 0 Å². The number of nitrogens with one attached hydrogen (secondary N) is 3. The number of rotatable bonds is 12. The van der Waals surface area contributed by atoms with Gasteiger partial charge in [-0.05, 0) is 56.0 Å². The van der Waals surface area contributed by atoms with Crippen molar-refractivity contribution in [2.75, 3.05) is 59.1 Å². The van der Waals surface area contributed by atoms with Gasteiger partial charge in [0.15, 0.2) is 0 Å². The predicted molar refractivity (Wildman–Crippen MR) is 182 cm³/mol. The van der Waals surface area contributed by atoms with Crippen molar-refractivity contribution in [3.8, 4) is 5.75 Å². The van der Waals surface area contributed by atoms with E-state index in [9.17, 15) is 18.3 Å². The van der Waals surface area contributed by atoms with Gasteiger partial charge in [-0.3, -0.25) is 4.31 Å². The summed E-state index contributed by atoms with van der Waals surface area (Å²) in [5, 5.41) is 20.4. The molecule has 1 aromatic heterocycles. The molecule has 6 rings (SSSR count). The first-order chi connectivity index (χ1) is 22.8. The number of aromatic hydroxyl groups is 1. The number of benzene rings is 3. The Bertz CT molecular complexity index is 1800. The quantitative estimate of drug-likeness (QED) is 0.172. The third-order valence-electron chi connectivity index (χ3n) is 8.15. The Labute approximate surface area is 274 Å². The van der Waals surface area contributed by atoms with Crippen LogP contribution in [0.15, 0.2) is 77.7 Å². The van der Waals surface area contributed by atoms with Crippen LogP contribution in [0.5, 0.6) is 5.75 Å². The Hall–Kier alpha value is -5.11. The summed E-state index contributed by atoms with van der Waals surface area (Å²) in [6.07, 6.45) is 3.24. The van der Waals surface area contributed by atoms with Gasteiger partial charge >= 0.3 is 6.03 Å². The maximum absolute atomic E-state index is 13.9. The largest absolute Gasteiger partial charge is 0.506 e. The van der Waals surface area contributed by atoms with Gasteiger partial charge in [-0.2, -0.15) is 15.0 Å². The smallest absolute Gasteiger partial charge is 0.317 e. The molecule has 14 heteroatoms. The average Bonchev–Trinajstić information content (AvgIpc) is 3.49. The van der Waals surface area contributed by atoms with Crippen LogP contribution >= 0.6 is 0 Å². The van der Waals surface area contributed by atoms with E-state index in [-0.39, 0.29) is 34.9 Å². The van der Waals surface area contributed by atoms with Crippen molar-refractivity contribution in [3.05, 3.63) is 83.9 Å². The second-order valence-electron chi connectivity index (χ2n) is 11.6. The standard InChI is InChI=1S/C33H39N9O4S/c1-24-10-13-27(14-11-24)47(45,46)42(23-25-8-4-2-5-9-25)28-15-12-26(22-29(28)43)36-31-37-30(34-16-20-41-21-17-35-33(41)44)38-32(39-31)40-18-6-3-7-19-40/h2,4-5,8-15,22,43H,3,6-7,16-21,23H2,1H3,(H,35,44)(H2,34,36,37,38,39). The van der Waals surface area contributed by atoms with Gasteiger partial charge < -0.3 is 30.9 Å². The third kappa shape index (κ3) is 7.65. The lowest BCUT2D eigenvalue weighted by Crippen LogP contribution is -2.33. The SMILES string of the molecule is Cc1ccc(S(=O)(=O)N(Cc2ccccc2)c2ccc(Nc3nc(NCCN4CCNC4=O)nc(N4CCCCC4)n3)cc2O)cc1. The van der Waals surface area contributed by atoms with Crippen molar-refractivity contribution in [2.24, 2.45) is 0 Å². The first kappa shape index (κ1) is 31.9. The summed E-state index contributed by atoms with van der Waals surface area (Å²) >= 11 is 0. The number of hydrogen-bond acceptors (Lipinski definition) is 10. The maximum atomic E-state index is 13.9. The lowest BCUT2D eigenvalue weighted by atomic mass is 10.1. The summed E-state index contributed by atoms with van der Waals surface area (Å²) in [5.41, 5.74) is 2.31. The molecule has 2 saturated heterocycles. The molecule has 4 aromatic rings. The predicted octanol–water partition coefficient (Wildman–Crippen LogP) is 4.45. The van der Waals surface area contributed by atoms with E-state index in [1.54, 1.807) is 41.3 Å². The summed E-state index contributed by atoms with van der Waals surface area (Å²) in [5.74, 6) is 0.932. The Balaban J connectivity index is 1.27. The zero-order valence-corrected chi connectivity index (χ0v) is 27.1. The molecular weight excluding hydrogens is 618 g/mol. The van der Waals surface area contributed by atoms with Crippen LogP contribution in [0.25, 0.3) is 0 Å². The van der Waals surface area contributed by atoms with Gasteiger partial charge in [-0.15, -0.1) is 0 Å². The Morgan fingerprint density at radius 1 is 0.915 bits per heavy atom. The third-order valence-corrected chi connectivity index (χ3v) is 9.92. The summed E-state index contributed by atoms with van der Waals surface area (Å²) < 4.78 is 29.1. The van der Waals surface area contributed by atoms with Crippen LogP contribution in [0.4, 0.5) is 34.0 Å². The van der Waals surface area contributed by atoms with Crippen molar-refractivity contribution in [1.29, 1.82) is 0 Å². The van der Waals surface area contributed by atoms with Gasteiger partial charge in [0.25, 0.3) is 10.0 Å². The molecule has 2 aliphatic heterocycles. The zero-order chi connectivity index (χ0) is 32.8. The van der Waals surface area contributed by atoms with E-state index in [4.69, 9.17) is 0 Å². The minimum Gasteiger partial charge on any atom is -0.506 e. The average molecular weight is 658 g/mol. The number of sulfonamides is 1. The lowest BCUT2D eigenvalue weighted by molar-refractivity contribution is 0.219. The number of hydrogen-bond donors (Lipinski definition) is 4. The molecule has 0 bridgehead atoms. The fraction of sp³-hybridized carbons (Fsp3) is 0.333. The molecule has 0 radical (unpaired) electrons. The molecule has 0 spiro atoms. The number of amides is 2. The van der Waals surface area contributed by atoms with E-state index in [0.717, 1.165) is 43.5 Å². The Morgan fingerprint density at radius 3 is 2.36 bits per heavy atom. The van der Waals surface area contributed by atoms with Crippen LogP contribution in [0.2, 0.25) is 0 Å². The van der Waals surface area contributed by atoms with Crippen LogP contribution in [-0.4, -0.2) is 78.7 Å². The van der Waals surface area contributed by atoms with Gasteiger partial charge in [-0.25, -0.2) is 13.2 Å². The van der Waals surface area contributed by atoms with Gasteiger partial charge in [0, 0.05) is 51.0 Å². The second kappa shape index (κ2) is 14.1. The number of aryl methyl sites for hydroxylation is 1. The number of nitrogens with zero attached hydrogens (tertiary/aromatic N) is 6. The van der Waals surface area contributed by atoms with Crippen LogP contribution < -0.4 is 25.2 Å². The molecule has 2 aliphatic rings. The van der Waals surface area contributed by atoms with Gasteiger partial charge in [-0.1, -0.05) is 48.0 Å². The summed E-state index contributed by atoms with van der Waals surface area (Å²) in [4.78, 5) is 29.8.